The summed E-state index contributed by atoms with van der Waals surface area (Å²) >= 11 is 0. The Morgan fingerprint density at radius 1 is 1.27 bits per heavy atom. The molecule has 2 heterocycles. The SMILES string of the molecule is O=C(N[C@@H]1CCC[C@@H](N2CCOCC2)[C@@H]1O)c1ncccn1. The predicted octanol–water partition coefficient (Wildman–Crippen LogP) is -0.179. The second-order valence-electron chi connectivity index (χ2n) is 5.79. The van der Waals surface area contributed by atoms with Crippen molar-refractivity contribution in [1.82, 2.24) is 20.2 Å². The van der Waals surface area contributed by atoms with Gasteiger partial charge >= 0.3 is 0 Å². The van der Waals surface area contributed by atoms with E-state index in [1.807, 2.05) is 0 Å². The number of morpholine rings is 1. The van der Waals surface area contributed by atoms with E-state index >= 15 is 0 Å². The smallest absolute Gasteiger partial charge is 0.289 e. The molecule has 1 saturated carbocycles. The van der Waals surface area contributed by atoms with Crippen molar-refractivity contribution in [2.24, 2.45) is 0 Å². The zero-order chi connectivity index (χ0) is 15.4. The summed E-state index contributed by atoms with van der Waals surface area (Å²) in [6.07, 6.45) is 5.22. The van der Waals surface area contributed by atoms with Crippen molar-refractivity contribution < 1.29 is 14.6 Å². The Kier molecular flexibility index (Phi) is 4.97. The number of nitrogens with one attached hydrogen (secondary N) is 1. The van der Waals surface area contributed by atoms with E-state index in [2.05, 4.69) is 20.2 Å². The van der Waals surface area contributed by atoms with Crippen LogP contribution < -0.4 is 5.32 Å². The average molecular weight is 306 g/mol. The van der Waals surface area contributed by atoms with Crippen LogP contribution in [0.25, 0.3) is 0 Å². The molecule has 0 radical (unpaired) electrons. The van der Waals surface area contributed by atoms with Gasteiger partial charge in [-0.15, -0.1) is 0 Å². The number of aromatic nitrogens is 2. The van der Waals surface area contributed by atoms with Gasteiger partial charge in [-0.1, -0.05) is 0 Å². The molecule has 0 aromatic carbocycles. The first-order valence-corrected chi connectivity index (χ1v) is 7.83. The fraction of sp³-hybridized carbons (Fsp3) is 0.667. The standard InChI is InChI=1S/C15H22N4O3/c20-13-11(18-15(21)14-16-5-2-6-17-14)3-1-4-12(13)19-7-9-22-10-8-19/h2,5-6,11-13,20H,1,3-4,7-10H2,(H,18,21)/t11-,12-,13-/m1/s1. The Morgan fingerprint density at radius 3 is 2.73 bits per heavy atom. The highest BCUT2D eigenvalue weighted by Crippen LogP contribution is 2.24. The van der Waals surface area contributed by atoms with Crippen molar-refractivity contribution in [2.45, 2.75) is 37.5 Å². The molecule has 1 aromatic rings. The summed E-state index contributed by atoms with van der Waals surface area (Å²) < 4.78 is 5.37. The molecule has 0 unspecified atom stereocenters. The van der Waals surface area contributed by atoms with Crippen LogP contribution in [-0.2, 0) is 4.74 Å². The number of rotatable bonds is 3. The lowest BCUT2D eigenvalue weighted by molar-refractivity contribution is -0.0460. The Morgan fingerprint density at radius 2 is 2.00 bits per heavy atom. The average Bonchev–Trinajstić information content (AvgIpc) is 2.58. The molecule has 1 amide bonds. The number of nitrogens with zero attached hydrogens (tertiary/aromatic N) is 3. The van der Waals surface area contributed by atoms with Gasteiger partial charge in [0.05, 0.1) is 25.4 Å². The summed E-state index contributed by atoms with van der Waals surface area (Å²) in [6, 6.07) is 1.50. The lowest BCUT2D eigenvalue weighted by Crippen LogP contribution is -2.58. The van der Waals surface area contributed by atoms with Crippen LogP contribution in [0.5, 0.6) is 0 Å². The summed E-state index contributed by atoms with van der Waals surface area (Å²) in [5.41, 5.74) is 0. The molecule has 2 aliphatic rings. The lowest BCUT2D eigenvalue weighted by Gasteiger charge is -2.42. The molecular formula is C15H22N4O3. The number of carbonyl (C=O) groups is 1. The van der Waals surface area contributed by atoms with Crippen LogP contribution in [0.3, 0.4) is 0 Å². The molecule has 1 aliphatic carbocycles. The molecule has 2 N–H and O–H groups in total. The Balaban J connectivity index is 1.62. The van der Waals surface area contributed by atoms with Gasteiger partial charge in [-0.3, -0.25) is 9.69 Å². The van der Waals surface area contributed by atoms with Crippen molar-refractivity contribution in [3.63, 3.8) is 0 Å². The highest BCUT2D eigenvalue weighted by Gasteiger charge is 2.36. The summed E-state index contributed by atoms with van der Waals surface area (Å²) in [5.74, 6) is -0.185. The van der Waals surface area contributed by atoms with E-state index in [0.29, 0.717) is 13.2 Å². The summed E-state index contributed by atoms with van der Waals surface area (Å²) in [7, 11) is 0. The zero-order valence-corrected chi connectivity index (χ0v) is 12.5. The molecule has 0 spiro atoms. The van der Waals surface area contributed by atoms with Crippen molar-refractivity contribution in [2.75, 3.05) is 26.3 Å². The van der Waals surface area contributed by atoms with Crippen LogP contribution in [0.4, 0.5) is 0 Å². The van der Waals surface area contributed by atoms with Crippen LogP contribution in [0.2, 0.25) is 0 Å². The second-order valence-corrected chi connectivity index (χ2v) is 5.79. The normalized spacial score (nSPS) is 30.0. The van der Waals surface area contributed by atoms with Gasteiger partial charge in [0.15, 0.2) is 0 Å². The largest absolute Gasteiger partial charge is 0.389 e. The van der Waals surface area contributed by atoms with E-state index in [-0.39, 0.29) is 23.8 Å². The van der Waals surface area contributed by atoms with Gasteiger partial charge in [-0.2, -0.15) is 0 Å². The molecule has 7 nitrogen and oxygen atoms in total. The van der Waals surface area contributed by atoms with Gasteiger partial charge < -0.3 is 15.2 Å². The minimum absolute atomic E-state index is 0.0830. The first-order valence-electron chi connectivity index (χ1n) is 7.83. The Labute approximate surface area is 129 Å². The van der Waals surface area contributed by atoms with E-state index in [1.165, 1.54) is 12.4 Å². The highest BCUT2D eigenvalue weighted by molar-refractivity contribution is 5.90. The Hall–Kier alpha value is -1.57. The number of aliphatic hydroxyl groups excluding tert-OH is 1. The molecule has 1 saturated heterocycles. The van der Waals surface area contributed by atoms with Crippen molar-refractivity contribution >= 4 is 5.91 Å². The lowest BCUT2D eigenvalue weighted by atomic mass is 9.86. The minimum atomic E-state index is -0.570. The fourth-order valence-corrected chi connectivity index (χ4v) is 3.27. The fourth-order valence-electron chi connectivity index (χ4n) is 3.27. The molecule has 7 heteroatoms. The van der Waals surface area contributed by atoms with Crippen LogP contribution in [0.1, 0.15) is 29.9 Å². The second kappa shape index (κ2) is 7.13. The molecule has 22 heavy (non-hydrogen) atoms. The molecule has 120 valence electrons. The van der Waals surface area contributed by atoms with Crippen LogP contribution in [0, 0.1) is 0 Å². The molecule has 1 aliphatic heterocycles. The third-order valence-electron chi connectivity index (χ3n) is 4.42. The highest BCUT2D eigenvalue weighted by atomic mass is 16.5. The summed E-state index contributed by atoms with van der Waals surface area (Å²) in [4.78, 5) is 22.3. The van der Waals surface area contributed by atoms with Gasteiger partial charge in [0, 0.05) is 31.5 Å². The van der Waals surface area contributed by atoms with Crippen molar-refractivity contribution in [3.8, 4) is 0 Å². The molecule has 2 fully saturated rings. The number of hydrogen-bond donors (Lipinski definition) is 2. The van der Waals surface area contributed by atoms with Crippen LogP contribution in [-0.4, -0.2) is 70.4 Å². The number of hydrogen-bond acceptors (Lipinski definition) is 6. The van der Waals surface area contributed by atoms with E-state index < -0.39 is 6.10 Å². The number of aliphatic hydroxyl groups is 1. The number of ether oxygens (including phenoxy) is 1. The molecular weight excluding hydrogens is 284 g/mol. The maximum Gasteiger partial charge on any atom is 0.289 e. The molecule has 1 aromatic heterocycles. The summed E-state index contributed by atoms with van der Waals surface area (Å²) in [6.45, 7) is 3.09. The maximum atomic E-state index is 12.2. The third-order valence-corrected chi connectivity index (χ3v) is 4.42. The molecule has 3 atom stereocenters. The van der Waals surface area contributed by atoms with Crippen molar-refractivity contribution in [1.29, 1.82) is 0 Å². The van der Waals surface area contributed by atoms with Gasteiger partial charge in [-0.25, -0.2) is 9.97 Å². The van der Waals surface area contributed by atoms with Gasteiger partial charge in [0.1, 0.15) is 0 Å². The van der Waals surface area contributed by atoms with E-state index in [9.17, 15) is 9.90 Å². The van der Waals surface area contributed by atoms with Gasteiger partial charge in [-0.05, 0) is 25.3 Å². The first kappa shape index (κ1) is 15.3. The Bertz CT molecular complexity index is 493. The summed E-state index contributed by atoms with van der Waals surface area (Å²) in [5, 5.41) is 13.5. The van der Waals surface area contributed by atoms with E-state index in [1.54, 1.807) is 6.07 Å². The maximum absolute atomic E-state index is 12.2. The van der Waals surface area contributed by atoms with Crippen LogP contribution >= 0.6 is 0 Å². The predicted molar refractivity (Wildman–Crippen MR) is 79.3 cm³/mol. The van der Waals surface area contributed by atoms with E-state index in [0.717, 1.165) is 32.4 Å². The minimum Gasteiger partial charge on any atom is -0.389 e. The first-order chi connectivity index (χ1) is 10.8. The zero-order valence-electron chi connectivity index (χ0n) is 12.5. The van der Waals surface area contributed by atoms with Gasteiger partial charge in [0.2, 0.25) is 5.82 Å². The van der Waals surface area contributed by atoms with E-state index in [4.69, 9.17) is 4.74 Å². The molecule has 0 bridgehead atoms. The monoisotopic (exact) mass is 306 g/mol. The quantitative estimate of drug-likeness (QED) is 0.805. The molecule has 3 rings (SSSR count). The number of carbonyl (C=O) groups excluding carboxylic acids is 1. The van der Waals surface area contributed by atoms with Crippen molar-refractivity contribution in [3.05, 3.63) is 24.3 Å². The number of amides is 1. The van der Waals surface area contributed by atoms with Gasteiger partial charge in [0.25, 0.3) is 5.91 Å². The third kappa shape index (κ3) is 3.43. The van der Waals surface area contributed by atoms with Crippen LogP contribution in [0.15, 0.2) is 18.5 Å². The topological polar surface area (TPSA) is 87.6 Å².